The Morgan fingerprint density at radius 3 is 2.57 bits per heavy atom. The molecule has 2 aromatic carbocycles. The van der Waals surface area contributed by atoms with Crippen molar-refractivity contribution in [3.63, 3.8) is 0 Å². The van der Waals surface area contributed by atoms with Crippen LogP contribution in [-0.2, 0) is 27.8 Å². The molecule has 1 aliphatic heterocycles. The van der Waals surface area contributed by atoms with Crippen LogP contribution >= 0.6 is 0 Å². The van der Waals surface area contributed by atoms with Crippen molar-refractivity contribution in [3.8, 4) is 0 Å². The number of unbranched alkanes of at least 4 members (excludes halogenated alkanes) is 1. The highest BCUT2D eigenvalue weighted by Crippen LogP contribution is 2.29. The van der Waals surface area contributed by atoms with Gasteiger partial charge in [-0.15, -0.1) is 0 Å². The van der Waals surface area contributed by atoms with Crippen molar-refractivity contribution >= 4 is 38.3 Å². The van der Waals surface area contributed by atoms with E-state index in [1.54, 1.807) is 12.1 Å². The van der Waals surface area contributed by atoms with Gasteiger partial charge in [0, 0.05) is 46.6 Å². The second-order valence-corrected chi connectivity index (χ2v) is 11.4. The summed E-state index contributed by atoms with van der Waals surface area (Å²) in [5, 5.41) is 3.09. The number of hydrogen-bond donors (Lipinski definition) is 1. The predicted molar refractivity (Wildman–Crippen MR) is 140 cm³/mol. The second-order valence-electron chi connectivity index (χ2n) is 9.23. The van der Waals surface area contributed by atoms with E-state index < -0.39 is 10.0 Å². The lowest BCUT2D eigenvalue weighted by Gasteiger charge is -2.21. The molecule has 0 atom stereocenters. The zero-order valence-corrected chi connectivity index (χ0v) is 21.6. The summed E-state index contributed by atoms with van der Waals surface area (Å²) in [5.74, 6) is 0.748. The molecule has 3 aromatic rings. The first kappa shape index (κ1) is 25.2. The fourth-order valence-electron chi connectivity index (χ4n) is 4.54. The first-order valence-electron chi connectivity index (χ1n) is 12.4. The van der Waals surface area contributed by atoms with Crippen molar-refractivity contribution in [2.24, 2.45) is 0 Å². The Morgan fingerprint density at radius 1 is 1.11 bits per heavy atom. The number of benzene rings is 2. The number of hydrogen-bond acceptors (Lipinski definition) is 5. The van der Waals surface area contributed by atoms with Gasteiger partial charge in [-0.05, 0) is 49.6 Å². The van der Waals surface area contributed by atoms with E-state index in [9.17, 15) is 13.2 Å². The standard InChI is InChI=1S/C26H35N5O3S/c1-4-5-18-31-24-13-12-20(35(33,34)29(2)3)19-22(24)27-25(31)14-15-26(32)28-21-10-6-7-11-23(21)30-16-8-9-17-30/h6-7,10-13,19H,4-5,8-9,14-18H2,1-3H3,(H,28,32). The van der Waals surface area contributed by atoms with Gasteiger partial charge in [-0.3, -0.25) is 4.79 Å². The summed E-state index contributed by atoms with van der Waals surface area (Å²) in [6.45, 7) is 4.94. The van der Waals surface area contributed by atoms with Crippen LogP contribution in [0.5, 0.6) is 0 Å². The predicted octanol–water partition coefficient (Wildman–Crippen LogP) is 4.26. The Hall–Kier alpha value is -2.91. The molecular formula is C26H35N5O3S. The van der Waals surface area contributed by atoms with Crippen LogP contribution in [0.15, 0.2) is 47.4 Å². The van der Waals surface area contributed by atoms with E-state index in [-0.39, 0.29) is 10.8 Å². The first-order valence-corrected chi connectivity index (χ1v) is 13.8. The van der Waals surface area contributed by atoms with Crippen LogP contribution in [0.3, 0.4) is 0 Å². The molecule has 0 spiro atoms. The Balaban J connectivity index is 1.54. The maximum absolute atomic E-state index is 12.9. The van der Waals surface area contributed by atoms with Crippen molar-refractivity contribution in [3.05, 3.63) is 48.3 Å². The quantitative estimate of drug-likeness (QED) is 0.452. The van der Waals surface area contributed by atoms with E-state index in [0.717, 1.165) is 55.2 Å². The largest absolute Gasteiger partial charge is 0.370 e. The third-order valence-electron chi connectivity index (χ3n) is 6.51. The molecular weight excluding hydrogens is 462 g/mol. The molecule has 0 radical (unpaired) electrons. The number of sulfonamides is 1. The lowest BCUT2D eigenvalue weighted by Crippen LogP contribution is -2.22. The number of fused-ring (bicyclic) bond motifs is 1. The van der Waals surface area contributed by atoms with Crippen LogP contribution in [0.2, 0.25) is 0 Å². The third-order valence-corrected chi connectivity index (χ3v) is 8.32. The number of nitrogens with zero attached hydrogens (tertiary/aromatic N) is 4. The lowest BCUT2D eigenvalue weighted by molar-refractivity contribution is -0.116. The van der Waals surface area contributed by atoms with Crippen LogP contribution in [-0.4, -0.2) is 55.4 Å². The van der Waals surface area contributed by atoms with Crippen LogP contribution in [0.4, 0.5) is 11.4 Å². The van der Waals surface area contributed by atoms with Gasteiger partial charge in [-0.1, -0.05) is 25.5 Å². The number of para-hydroxylation sites is 2. The van der Waals surface area contributed by atoms with Crippen molar-refractivity contribution in [1.82, 2.24) is 13.9 Å². The minimum atomic E-state index is -3.54. The molecule has 8 nitrogen and oxygen atoms in total. The lowest BCUT2D eigenvalue weighted by atomic mass is 10.2. The van der Waals surface area contributed by atoms with Gasteiger partial charge < -0.3 is 14.8 Å². The van der Waals surface area contributed by atoms with Gasteiger partial charge in [-0.25, -0.2) is 17.7 Å². The minimum Gasteiger partial charge on any atom is -0.370 e. The molecule has 0 aliphatic carbocycles. The number of rotatable bonds is 10. The summed E-state index contributed by atoms with van der Waals surface area (Å²) in [6.07, 6.45) is 5.13. The number of imidazole rings is 1. The average Bonchev–Trinajstić information content (AvgIpc) is 3.49. The second kappa shape index (κ2) is 10.8. The number of anilines is 2. The molecule has 9 heteroatoms. The van der Waals surface area contributed by atoms with Crippen LogP contribution < -0.4 is 10.2 Å². The molecule has 1 saturated heterocycles. The molecule has 0 unspecified atom stereocenters. The molecule has 4 rings (SSSR count). The zero-order valence-electron chi connectivity index (χ0n) is 20.8. The molecule has 1 fully saturated rings. The molecule has 0 bridgehead atoms. The SMILES string of the molecule is CCCCn1c(CCC(=O)Nc2ccccc2N2CCCC2)nc2cc(S(=O)(=O)N(C)C)ccc21. The molecule has 188 valence electrons. The van der Waals surface area contributed by atoms with Crippen LogP contribution in [0.25, 0.3) is 11.0 Å². The number of aryl methyl sites for hydroxylation is 2. The Labute approximate surface area is 208 Å². The van der Waals surface area contributed by atoms with E-state index in [0.29, 0.717) is 18.4 Å². The van der Waals surface area contributed by atoms with E-state index in [2.05, 4.69) is 27.8 Å². The van der Waals surface area contributed by atoms with Crippen molar-refractivity contribution in [2.45, 2.75) is 56.9 Å². The summed E-state index contributed by atoms with van der Waals surface area (Å²) in [4.78, 5) is 20.2. The Bertz CT molecular complexity index is 1290. The minimum absolute atomic E-state index is 0.0541. The number of amides is 1. The summed E-state index contributed by atoms with van der Waals surface area (Å²) in [6, 6.07) is 13.0. The molecule has 1 aliphatic rings. The van der Waals surface area contributed by atoms with Crippen LogP contribution in [0, 0.1) is 0 Å². The molecule has 1 amide bonds. The van der Waals surface area contributed by atoms with Gasteiger partial charge in [-0.2, -0.15) is 0 Å². The highest BCUT2D eigenvalue weighted by molar-refractivity contribution is 7.89. The number of carbonyl (C=O) groups is 1. The summed E-state index contributed by atoms with van der Waals surface area (Å²) in [7, 11) is -0.506. The number of aromatic nitrogens is 2. The van der Waals surface area contributed by atoms with E-state index in [1.165, 1.54) is 31.2 Å². The summed E-state index contributed by atoms with van der Waals surface area (Å²) < 4.78 is 28.5. The normalized spacial score (nSPS) is 14.2. The van der Waals surface area contributed by atoms with Gasteiger partial charge in [0.15, 0.2) is 0 Å². The average molecular weight is 498 g/mol. The highest BCUT2D eigenvalue weighted by Gasteiger charge is 2.21. The smallest absolute Gasteiger partial charge is 0.242 e. The van der Waals surface area contributed by atoms with Crippen molar-refractivity contribution in [1.29, 1.82) is 0 Å². The zero-order chi connectivity index (χ0) is 25.0. The Kier molecular flexibility index (Phi) is 7.76. The van der Waals surface area contributed by atoms with Gasteiger partial charge in [0.2, 0.25) is 15.9 Å². The fourth-order valence-corrected chi connectivity index (χ4v) is 5.46. The molecule has 35 heavy (non-hydrogen) atoms. The number of nitrogens with one attached hydrogen (secondary N) is 1. The molecule has 1 aromatic heterocycles. The molecule has 2 heterocycles. The maximum Gasteiger partial charge on any atom is 0.242 e. The maximum atomic E-state index is 12.9. The van der Waals surface area contributed by atoms with E-state index >= 15 is 0 Å². The summed E-state index contributed by atoms with van der Waals surface area (Å²) >= 11 is 0. The molecule has 0 saturated carbocycles. The topological polar surface area (TPSA) is 87.5 Å². The number of carbonyl (C=O) groups excluding carboxylic acids is 1. The van der Waals surface area contributed by atoms with Crippen molar-refractivity contribution < 1.29 is 13.2 Å². The van der Waals surface area contributed by atoms with Crippen molar-refractivity contribution in [2.75, 3.05) is 37.4 Å². The van der Waals surface area contributed by atoms with Gasteiger partial charge in [0.1, 0.15) is 5.82 Å². The fraction of sp³-hybridized carbons (Fsp3) is 0.462. The van der Waals surface area contributed by atoms with Gasteiger partial charge >= 0.3 is 0 Å². The third kappa shape index (κ3) is 5.51. The van der Waals surface area contributed by atoms with E-state index in [4.69, 9.17) is 4.98 Å². The first-order chi connectivity index (χ1) is 16.8. The van der Waals surface area contributed by atoms with Gasteiger partial charge in [0.25, 0.3) is 0 Å². The monoisotopic (exact) mass is 497 g/mol. The highest BCUT2D eigenvalue weighted by atomic mass is 32.2. The summed E-state index contributed by atoms with van der Waals surface area (Å²) in [5.41, 5.74) is 3.45. The Morgan fingerprint density at radius 2 is 1.86 bits per heavy atom. The van der Waals surface area contributed by atoms with Crippen LogP contribution in [0.1, 0.15) is 44.9 Å². The van der Waals surface area contributed by atoms with Gasteiger partial charge in [0.05, 0.1) is 27.3 Å². The van der Waals surface area contributed by atoms with E-state index in [1.807, 2.05) is 24.3 Å². The molecule has 1 N–H and O–H groups in total.